The van der Waals surface area contributed by atoms with Gasteiger partial charge in [-0.05, 0) is 32.9 Å². The Kier molecular flexibility index (Phi) is 5.52. The Morgan fingerprint density at radius 1 is 1.40 bits per heavy atom. The van der Waals surface area contributed by atoms with Crippen molar-refractivity contribution in [2.75, 3.05) is 13.2 Å². The molecule has 1 aromatic rings. The number of benzene rings is 1. The Morgan fingerprint density at radius 2 is 2.10 bits per heavy atom. The third kappa shape index (κ3) is 5.71. The van der Waals surface area contributed by atoms with Gasteiger partial charge in [0.15, 0.2) is 0 Å². The van der Waals surface area contributed by atoms with Gasteiger partial charge in [-0.25, -0.2) is 4.79 Å². The number of ether oxygens (including phenoxy) is 2. The van der Waals surface area contributed by atoms with E-state index in [0.717, 1.165) is 0 Å². The van der Waals surface area contributed by atoms with Crippen LogP contribution in [0, 0.1) is 0 Å². The van der Waals surface area contributed by atoms with Crippen LogP contribution in [0.3, 0.4) is 0 Å². The van der Waals surface area contributed by atoms with Gasteiger partial charge in [-0.2, -0.15) is 4.99 Å². The summed E-state index contributed by atoms with van der Waals surface area (Å²) in [6.07, 6.45) is -0.739. The number of rotatable bonds is 4. The zero-order valence-electron chi connectivity index (χ0n) is 11.9. The summed E-state index contributed by atoms with van der Waals surface area (Å²) in [6, 6.07) is 6.79. The topological polar surface area (TPSA) is 94.1 Å². The molecule has 0 bridgehead atoms. The van der Waals surface area contributed by atoms with Crippen LogP contribution >= 0.6 is 0 Å². The van der Waals surface area contributed by atoms with Crippen molar-refractivity contribution in [1.82, 2.24) is 0 Å². The summed E-state index contributed by atoms with van der Waals surface area (Å²) in [5.74, 6) is 0.590. The maximum Gasteiger partial charge on any atom is 0.436 e. The number of carbonyl (C=O) groups excluding carboxylic acids is 1. The predicted molar refractivity (Wildman–Crippen MR) is 76.0 cm³/mol. The SMILES string of the molecule is CC(C)(C)OC(=O)N=C(N)c1cccc(OCCO)c1. The number of nitrogens with two attached hydrogens (primary N) is 1. The van der Waals surface area contributed by atoms with Crippen molar-refractivity contribution in [1.29, 1.82) is 0 Å². The summed E-state index contributed by atoms with van der Waals surface area (Å²) in [5.41, 5.74) is 5.69. The van der Waals surface area contributed by atoms with Gasteiger partial charge in [0.2, 0.25) is 0 Å². The highest BCUT2D eigenvalue weighted by molar-refractivity contribution is 6.03. The molecule has 0 saturated carbocycles. The van der Waals surface area contributed by atoms with Crippen LogP contribution in [0.15, 0.2) is 29.3 Å². The van der Waals surface area contributed by atoms with Crippen molar-refractivity contribution in [3.8, 4) is 5.75 Å². The summed E-state index contributed by atoms with van der Waals surface area (Å²) in [6.45, 7) is 5.36. The number of nitrogens with zero attached hydrogens (tertiary/aromatic N) is 1. The zero-order chi connectivity index (χ0) is 15.2. The molecule has 1 rings (SSSR count). The first kappa shape index (κ1) is 16.0. The smallest absolute Gasteiger partial charge is 0.436 e. The Balaban J connectivity index is 2.80. The van der Waals surface area contributed by atoms with Crippen LogP contribution in [-0.4, -0.2) is 35.9 Å². The van der Waals surface area contributed by atoms with E-state index in [1.807, 2.05) is 0 Å². The Bertz CT molecular complexity index is 492. The number of aliphatic hydroxyl groups is 1. The second kappa shape index (κ2) is 6.91. The van der Waals surface area contributed by atoms with E-state index >= 15 is 0 Å². The first-order chi connectivity index (χ1) is 9.31. The molecule has 110 valence electrons. The summed E-state index contributed by atoms with van der Waals surface area (Å²) in [4.78, 5) is 15.2. The number of aliphatic hydroxyl groups excluding tert-OH is 1. The van der Waals surface area contributed by atoms with E-state index < -0.39 is 11.7 Å². The summed E-state index contributed by atoms with van der Waals surface area (Å²) in [5, 5.41) is 8.70. The van der Waals surface area contributed by atoms with Crippen LogP contribution in [0.2, 0.25) is 0 Å². The van der Waals surface area contributed by atoms with Gasteiger partial charge in [0.25, 0.3) is 0 Å². The maximum absolute atomic E-state index is 11.5. The van der Waals surface area contributed by atoms with Gasteiger partial charge in [-0.1, -0.05) is 12.1 Å². The molecule has 0 unspecified atom stereocenters. The molecule has 0 aliphatic rings. The van der Waals surface area contributed by atoms with Gasteiger partial charge in [0.05, 0.1) is 6.61 Å². The number of hydrogen-bond acceptors (Lipinski definition) is 4. The van der Waals surface area contributed by atoms with Gasteiger partial charge < -0.3 is 20.3 Å². The third-order valence-corrected chi connectivity index (χ3v) is 2.10. The quantitative estimate of drug-likeness (QED) is 0.646. The molecular formula is C14H20N2O4. The van der Waals surface area contributed by atoms with Crippen LogP contribution in [0.5, 0.6) is 5.75 Å². The maximum atomic E-state index is 11.5. The lowest BCUT2D eigenvalue weighted by Gasteiger charge is -2.17. The molecule has 0 fully saturated rings. The fourth-order valence-corrected chi connectivity index (χ4v) is 1.36. The molecule has 0 aromatic heterocycles. The Labute approximate surface area is 118 Å². The standard InChI is InChI=1S/C14H20N2O4/c1-14(2,3)20-13(18)16-12(15)10-5-4-6-11(9-10)19-8-7-17/h4-6,9,17H,7-8H2,1-3H3,(H2,15,16,18). The minimum atomic E-state index is -0.739. The molecule has 1 amide bonds. The molecule has 6 heteroatoms. The normalized spacial score (nSPS) is 12.1. The van der Waals surface area contributed by atoms with Crippen molar-refractivity contribution in [3.05, 3.63) is 29.8 Å². The Morgan fingerprint density at radius 3 is 2.70 bits per heavy atom. The first-order valence-corrected chi connectivity index (χ1v) is 6.23. The van der Waals surface area contributed by atoms with E-state index in [9.17, 15) is 4.79 Å². The average Bonchev–Trinajstić information content (AvgIpc) is 2.34. The van der Waals surface area contributed by atoms with Crippen molar-refractivity contribution in [2.24, 2.45) is 10.7 Å². The molecule has 0 spiro atoms. The highest BCUT2D eigenvalue weighted by atomic mass is 16.6. The number of carbonyl (C=O) groups is 1. The molecule has 0 radical (unpaired) electrons. The van der Waals surface area contributed by atoms with Gasteiger partial charge in [-0.3, -0.25) is 0 Å². The number of amidine groups is 1. The molecule has 0 saturated heterocycles. The lowest BCUT2D eigenvalue weighted by molar-refractivity contribution is 0.0604. The van der Waals surface area contributed by atoms with E-state index in [-0.39, 0.29) is 19.0 Å². The van der Waals surface area contributed by atoms with Crippen LogP contribution in [0.1, 0.15) is 26.3 Å². The fraction of sp³-hybridized carbons (Fsp3) is 0.429. The van der Waals surface area contributed by atoms with Crippen LogP contribution in [-0.2, 0) is 4.74 Å². The third-order valence-electron chi connectivity index (χ3n) is 2.10. The number of amides is 1. The monoisotopic (exact) mass is 280 g/mol. The van der Waals surface area contributed by atoms with E-state index in [1.165, 1.54) is 0 Å². The summed E-state index contributed by atoms with van der Waals surface area (Å²) < 4.78 is 10.3. The molecule has 0 atom stereocenters. The van der Waals surface area contributed by atoms with Gasteiger partial charge >= 0.3 is 6.09 Å². The summed E-state index contributed by atoms with van der Waals surface area (Å²) in [7, 11) is 0. The van der Waals surface area contributed by atoms with Crippen molar-refractivity contribution in [3.63, 3.8) is 0 Å². The van der Waals surface area contributed by atoms with Gasteiger partial charge in [0.1, 0.15) is 23.8 Å². The predicted octanol–water partition coefficient (Wildman–Crippen LogP) is 1.70. The molecular weight excluding hydrogens is 260 g/mol. The van der Waals surface area contributed by atoms with Crippen LogP contribution in [0.4, 0.5) is 4.79 Å². The average molecular weight is 280 g/mol. The summed E-state index contributed by atoms with van der Waals surface area (Å²) >= 11 is 0. The van der Waals surface area contributed by atoms with Crippen molar-refractivity contribution >= 4 is 11.9 Å². The highest BCUT2D eigenvalue weighted by Crippen LogP contribution is 2.14. The largest absolute Gasteiger partial charge is 0.491 e. The number of hydrogen-bond donors (Lipinski definition) is 2. The second-order valence-electron chi connectivity index (χ2n) is 5.08. The highest BCUT2D eigenvalue weighted by Gasteiger charge is 2.16. The Hall–Kier alpha value is -2.08. The lowest BCUT2D eigenvalue weighted by Crippen LogP contribution is -2.24. The van der Waals surface area contributed by atoms with E-state index in [1.54, 1.807) is 45.0 Å². The van der Waals surface area contributed by atoms with Gasteiger partial charge in [0, 0.05) is 5.56 Å². The van der Waals surface area contributed by atoms with Crippen LogP contribution in [0.25, 0.3) is 0 Å². The lowest BCUT2D eigenvalue weighted by atomic mass is 10.2. The fourth-order valence-electron chi connectivity index (χ4n) is 1.36. The second-order valence-corrected chi connectivity index (χ2v) is 5.08. The minimum Gasteiger partial charge on any atom is -0.491 e. The molecule has 0 heterocycles. The molecule has 0 aliphatic carbocycles. The van der Waals surface area contributed by atoms with Gasteiger partial charge in [-0.15, -0.1) is 0 Å². The van der Waals surface area contributed by atoms with Crippen molar-refractivity contribution in [2.45, 2.75) is 26.4 Å². The molecule has 3 N–H and O–H groups in total. The van der Waals surface area contributed by atoms with E-state index in [2.05, 4.69) is 4.99 Å². The zero-order valence-corrected chi connectivity index (χ0v) is 11.9. The minimum absolute atomic E-state index is 0.0497. The van der Waals surface area contributed by atoms with E-state index in [4.69, 9.17) is 20.3 Å². The van der Waals surface area contributed by atoms with E-state index in [0.29, 0.717) is 11.3 Å². The number of aliphatic imine (C=N–C) groups is 1. The molecule has 20 heavy (non-hydrogen) atoms. The van der Waals surface area contributed by atoms with Crippen LogP contribution < -0.4 is 10.5 Å². The van der Waals surface area contributed by atoms with Crippen molar-refractivity contribution < 1.29 is 19.4 Å². The molecule has 1 aromatic carbocycles. The molecule has 6 nitrogen and oxygen atoms in total. The first-order valence-electron chi connectivity index (χ1n) is 6.23. The molecule has 0 aliphatic heterocycles.